The molecule has 3 aromatic heterocycles. The molecule has 1 aliphatic heterocycles. The van der Waals surface area contributed by atoms with E-state index in [0.29, 0.717) is 31.9 Å². The Balaban J connectivity index is 1.28. The van der Waals surface area contributed by atoms with Crippen molar-refractivity contribution in [2.24, 2.45) is 0 Å². The summed E-state index contributed by atoms with van der Waals surface area (Å²) in [5, 5.41) is 4.40. The molecule has 1 fully saturated rings. The van der Waals surface area contributed by atoms with Crippen LogP contribution in [0, 0.1) is 6.92 Å². The first kappa shape index (κ1) is 18.2. The van der Waals surface area contributed by atoms with Crippen LogP contribution in [0.2, 0.25) is 0 Å². The number of amides is 1. The first-order chi connectivity index (χ1) is 14.7. The monoisotopic (exact) mass is 400 g/mol. The topological polar surface area (TPSA) is 92.9 Å². The van der Waals surface area contributed by atoms with Crippen LogP contribution in [0.25, 0.3) is 16.9 Å². The molecule has 0 unspecified atom stereocenters. The third-order valence-corrected chi connectivity index (χ3v) is 5.15. The summed E-state index contributed by atoms with van der Waals surface area (Å²) in [6, 6.07) is 11.4. The van der Waals surface area contributed by atoms with Crippen LogP contribution in [0.5, 0.6) is 0 Å². The zero-order valence-corrected chi connectivity index (χ0v) is 16.5. The van der Waals surface area contributed by atoms with Gasteiger partial charge >= 0.3 is 0 Å². The lowest BCUT2D eigenvalue weighted by Crippen LogP contribution is -2.49. The lowest BCUT2D eigenvalue weighted by molar-refractivity contribution is 0.0740. The lowest BCUT2D eigenvalue weighted by Gasteiger charge is -2.35. The number of carbonyl (C=O) groups excluding carboxylic acids is 1. The summed E-state index contributed by atoms with van der Waals surface area (Å²) in [6.45, 7) is 4.48. The van der Waals surface area contributed by atoms with E-state index in [-0.39, 0.29) is 5.91 Å². The Kier molecular flexibility index (Phi) is 4.55. The van der Waals surface area contributed by atoms with E-state index in [1.54, 1.807) is 17.2 Å². The van der Waals surface area contributed by atoms with Crippen LogP contribution in [-0.4, -0.2) is 66.7 Å². The zero-order chi connectivity index (χ0) is 20.5. The highest BCUT2D eigenvalue weighted by molar-refractivity contribution is 5.94. The minimum absolute atomic E-state index is 0.0942. The Hall–Kier alpha value is -3.88. The van der Waals surface area contributed by atoms with E-state index in [1.165, 1.54) is 0 Å². The summed E-state index contributed by atoms with van der Waals surface area (Å²) >= 11 is 0. The number of nitrogens with zero attached hydrogens (tertiary/aromatic N) is 8. The molecule has 4 heterocycles. The molecular weight excluding hydrogens is 380 g/mol. The Bertz CT molecular complexity index is 1210. The molecule has 0 radical (unpaired) electrons. The quantitative estimate of drug-likeness (QED) is 0.518. The minimum atomic E-state index is -0.0942. The summed E-state index contributed by atoms with van der Waals surface area (Å²) in [4.78, 5) is 34.4. The molecular formula is C21H20N8O. The van der Waals surface area contributed by atoms with Gasteiger partial charge in [-0.25, -0.2) is 19.6 Å². The predicted octanol–water partition coefficient (Wildman–Crippen LogP) is 1.88. The Morgan fingerprint density at radius 1 is 0.933 bits per heavy atom. The van der Waals surface area contributed by atoms with Crippen molar-refractivity contribution in [3.63, 3.8) is 0 Å². The highest BCUT2D eigenvalue weighted by atomic mass is 16.2. The molecule has 0 aliphatic carbocycles. The molecule has 4 aromatic rings. The van der Waals surface area contributed by atoms with Gasteiger partial charge in [0.1, 0.15) is 17.8 Å². The SMILES string of the molecule is Cc1ccn(-c2cc(N3CCN(C(=O)c4cnc5ccccc5n4)CC3)ncn2)n1. The standard InChI is InChI=1S/C21H20N8O/c1-15-6-7-29(26-15)20-12-19(23-14-24-20)27-8-10-28(11-9-27)21(30)18-13-22-16-4-2-3-5-17(16)25-18/h2-7,12-14H,8-11H2,1H3. The second-order valence-electron chi connectivity index (χ2n) is 7.16. The number of fused-ring (bicyclic) bond motifs is 1. The predicted molar refractivity (Wildman–Crippen MR) is 112 cm³/mol. The Labute approximate surface area is 173 Å². The molecule has 0 bridgehead atoms. The molecule has 1 saturated heterocycles. The fraction of sp³-hybridized carbons (Fsp3) is 0.238. The van der Waals surface area contributed by atoms with Gasteiger partial charge in [-0.2, -0.15) is 5.10 Å². The van der Waals surface area contributed by atoms with Crippen molar-refractivity contribution in [2.45, 2.75) is 6.92 Å². The number of hydrogen-bond acceptors (Lipinski definition) is 7. The smallest absolute Gasteiger partial charge is 0.274 e. The molecule has 1 aromatic carbocycles. The molecule has 0 N–H and O–H groups in total. The van der Waals surface area contributed by atoms with Crippen LogP contribution in [0.3, 0.4) is 0 Å². The summed E-state index contributed by atoms with van der Waals surface area (Å²) in [5.41, 5.74) is 2.81. The average molecular weight is 400 g/mol. The third-order valence-electron chi connectivity index (χ3n) is 5.15. The lowest BCUT2D eigenvalue weighted by atomic mass is 10.2. The average Bonchev–Trinajstić information content (AvgIpc) is 3.25. The van der Waals surface area contributed by atoms with Crippen LogP contribution in [-0.2, 0) is 0 Å². The van der Waals surface area contributed by atoms with Crippen LogP contribution in [0.1, 0.15) is 16.2 Å². The van der Waals surface area contributed by atoms with Crippen LogP contribution in [0.15, 0.2) is 55.1 Å². The minimum Gasteiger partial charge on any atom is -0.353 e. The van der Waals surface area contributed by atoms with E-state index in [9.17, 15) is 4.79 Å². The maximum atomic E-state index is 12.9. The second kappa shape index (κ2) is 7.51. The van der Waals surface area contributed by atoms with Crippen molar-refractivity contribution < 1.29 is 4.79 Å². The first-order valence-corrected chi connectivity index (χ1v) is 9.78. The summed E-state index contributed by atoms with van der Waals surface area (Å²) in [6.07, 6.45) is 4.98. The molecule has 150 valence electrons. The summed E-state index contributed by atoms with van der Waals surface area (Å²) in [7, 11) is 0. The highest BCUT2D eigenvalue weighted by Crippen LogP contribution is 2.17. The first-order valence-electron chi connectivity index (χ1n) is 9.78. The molecule has 5 rings (SSSR count). The van der Waals surface area contributed by atoms with Crippen molar-refractivity contribution >= 4 is 22.8 Å². The van der Waals surface area contributed by atoms with Gasteiger partial charge in [-0.3, -0.25) is 9.78 Å². The fourth-order valence-corrected chi connectivity index (χ4v) is 3.54. The molecule has 1 amide bonds. The van der Waals surface area contributed by atoms with E-state index in [2.05, 4.69) is 29.9 Å². The number of piperazine rings is 1. The van der Waals surface area contributed by atoms with Crippen molar-refractivity contribution in [1.82, 2.24) is 34.6 Å². The van der Waals surface area contributed by atoms with Crippen LogP contribution >= 0.6 is 0 Å². The fourth-order valence-electron chi connectivity index (χ4n) is 3.54. The van der Waals surface area contributed by atoms with Gasteiger partial charge in [0, 0.05) is 38.4 Å². The molecule has 30 heavy (non-hydrogen) atoms. The van der Waals surface area contributed by atoms with Gasteiger partial charge in [-0.15, -0.1) is 0 Å². The van der Waals surface area contributed by atoms with Crippen molar-refractivity contribution in [2.75, 3.05) is 31.1 Å². The van der Waals surface area contributed by atoms with Gasteiger partial charge in [0.15, 0.2) is 5.82 Å². The van der Waals surface area contributed by atoms with Gasteiger partial charge in [0.25, 0.3) is 5.91 Å². The number of carbonyl (C=O) groups is 1. The van der Waals surface area contributed by atoms with E-state index >= 15 is 0 Å². The number of benzene rings is 1. The number of aromatic nitrogens is 6. The van der Waals surface area contributed by atoms with Crippen LogP contribution < -0.4 is 4.90 Å². The maximum absolute atomic E-state index is 12.9. The molecule has 9 heteroatoms. The Morgan fingerprint density at radius 3 is 2.47 bits per heavy atom. The Morgan fingerprint density at radius 2 is 1.70 bits per heavy atom. The van der Waals surface area contributed by atoms with E-state index in [0.717, 1.165) is 28.4 Å². The number of aryl methyl sites for hydroxylation is 1. The summed E-state index contributed by atoms with van der Waals surface area (Å²) < 4.78 is 1.73. The molecule has 0 spiro atoms. The number of hydrogen-bond donors (Lipinski definition) is 0. The molecule has 0 saturated carbocycles. The number of rotatable bonds is 3. The van der Waals surface area contributed by atoms with Crippen molar-refractivity contribution in [3.8, 4) is 5.82 Å². The highest BCUT2D eigenvalue weighted by Gasteiger charge is 2.24. The maximum Gasteiger partial charge on any atom is 0.274 e. The van der Waals surface area contributed by atoms with Gasteiger partial charge < -0.3 is 9.80 Å². The van der Waals surface area contributed by atoms with E-state index < -0.39 is 0 Å². The number of anilines is 1. The van der Waals surface area contributed by atoms with Crippen LogP contribution in [0.4, 0.5) is 5.82 Å². The van der Waals surface area contributed by atoms with Gasteiger partial charge in [0.2, 0.25) is 0 Å². The van der Waals surface area contributed by atoms with Gasteiger partial charge in [-0.1, -0.05) is 12.1 Å². The molecule has 1 aliphatic rings. The van der Waals surface area contributed by atoms with E-state index in [1.807, 2.05) is 54.4 Å². The van der Waals surface area contributed by atoms with Gasteiger partial charge in [0.05, 0.1) is 22.9 Å². The largest absolute Gasteiger partial charge is 0.353 e. The van der Waals surface area contributed by atoms with E-state index in [4.69, 9.17) is 0 Å². The normalized spacial score (nSPS) is 14.3. The van der Waals surface area contributed by atoms with Gasteiger partial charge in [-0.05, 0) is 25.1 Å². The van der Waals surface area contributed by atoms with Crippen molar-refractivity contribution in [1.29, 1.82) is 0 Å². The number of para-hydroxylation sites is 2. The molecule has 0 atom stereocenters. The zero-order valence-electron chi connectivity index (χ0n) is 16.5. The van der Waals surface area contributed by atoms with Crippen molar-refractivity contribution in [3.05, 3.63) is 66.5 Å². The summed E-state index contributed by atoms with van der Waals surface area (Å²) in [5.74, 6) is 1.45. The third kappa shape index (κ3) is 3.45. The molecule has 9 nitrogen and oxygen atoms in total. The second-order valence-corrected chi connectivity index (χ2v) is 7.16.